The lowest BCUT2D eigenvalue weighted by Crippen LogP contribution is -2.32. The average molecular weight is 346 g/mol. The Balaban J connectivity index is 2.88. The summed E-state index contributed by atoms with van der Waals surface area (Å²) in [5.74, 6) is -0.117. The molecule has 2 nitrogen and oxygen atoms in total. The first kappa shape index (κ1) is 14.6. The highest BCUT2D eigenvalue weighted by Gasteiger charge is 2.28. The SMILES string of the molecule is CC(C)[C@@H](O)[C@@H](CCI)C(=O)c1ccccc1. The molecule has 94 valence electrons. The number of hydrogen-bond donors (Lipinski definition) is 1. The number of benzene rings is 1. The van der Waals surface area contributed by atoms with Crippen LogP contribution >= 0.6 is 22.6 Å². The number of rotatable bonds is 6. The summed E-state index contributed by atoms with van der Waals surface area (Å²) in [6.45, 7) is 3.90. The minimum Gasteiger partial charge on any atom is -0.392 e. The zero-order valence-corrected chi connectivity index (χ0v) is 12.4. The van der Waals surface area contributed by atoms with Gasteiger partial charge >= 0.3 is 0 Å². The molecule has 0 aliphatic carbocycles. The van der Waals surface area contributed by atoms with Crippen LogP contribution in [0, 0.1) is 11.8 Å². The highest BCUT2D eigenvalue weighted by Crippen LogP contribution is 2.22. The molecule has 0 saturated heterocycles. The highest BCUT2D eigenvalue weighted by molar-refractivity contribution is 14.1. The maximum Gasteiger partial charge on any atom is 0.168 e. The number of carbonyl (C=O) groups excluding carboxylic acids is 1. The van der Waals surface area contributed by atoms with Crippen LogP contribution in [0.2, 0.25) is 0 Å². The molecular formula is C14H19IO2. The van der Waals surface area contributed by atoms with Crippen molar-refractivity contribution < 1.29 is 9.90 Å². The van der Waals surface area contributed by atoms with Gasteiger partial charge in [-0.15, -0.1) is 0 Å². The molecule has 0 aliphatic heterocycles. The van der Waals surface area contributed by atoms with E-state index in [0.29, 0.717) is 5.56 Å². The van der Waals surface area contributed by atoms with Gasteiger partial charge in [0.1, 0.15) is 0 Å². The van der Waals surface area contributed by atoms with Crippen LogP contribution in [-0.2, 0) is 0 Å². The molecule has 2 atom stereocenters. The number of carbonyl (C=O) groups is 1. The van der Waals surface area contributed by atoms with E-state index in [1.807, 2.05) is 44.2 Å². The van der Waals surface area contributed by atoms with E-state index >= 15 is 0 Å². The highest BCUT2D eigenvalue weighted by atomic mass is 127. The molecule has 17 heavy (non-hydrogen) atoms. The Bertz CT molecular complexity index is 348. The Morgan fingerprint density at radius 1 is 1.29 bits per heavy atom. The molecule has 1 N–H and O–H groups in total. The first-order chi connectivity index (χ1) is 8.07. The van der Waals surface area contributed by atoms with Crippen LogP contribution in [0.15, 0.2) is 30.3 Å². The summed E-state index contributed by atoms with van der Waals surface area (Å²) in [4.78, 5) is 12.3. The Morgan fingerprint density at radius 3 is 2.35 bits per heavy atom. The maximum atomic E-state index is 12.3. The van der Waals surface area contributed by atoms with Crippen molar-refractivity contribution >= 4 is 28.4 Å². The number of ketones is 1. The smallest absolute Gasteiger partial charge is 0.168 e. The van der Waals surface area contributed by atoms with E-state index in [-0.39, 0.29) is 17.6 Å². The molecule has 0 spiro atoms. The summed E-state index contributed by atoms with van der Waals surface area (Å²) < 4.78 is 0.880. The van der Waals surface area contributed by atoms with E-state index in [4.69, 9.17) is 0 Å². The van der Waals surface area contributed by atoms with Gasteiger partial charge in [-0.05, 0) is 12.3 Å². The molecule has 1 rings (SSSR count). The van der Waals surface area contributed by atoms with Crippen LogP contribution in [0.3, 0.4) is 0 Å². The molecule has 0 aliphatic rings. The predicted molar refractivity (Wildman–Crippen MR) is 78.6 cm³/mol. The molecule has 1 aromatic rings. The van der Waals surface area contributed by atoms with Crippen molar-refractivity contribution in [3.63, 3.8) is 0 Å². The molecule has 0 radical (unpaired) electrons. The van der Waals surface area contributed by atoms with E-state index in [1.54, 1.807) is 0 Å². The third-order valence-electron chi connectivity index (χ3n) is 2.91. The molecule has 0 saturated carbocycles. The largest absolute Gasteiger partial charge is 0.392 e. The van der Waals surface area contributed by atoms with Crippen molar-refractivity contribution in [3.8, 4) is 0 Å². The minimum absolute atomic E-state index is 0.0588. The van der Waals surface area contributed by atoms with Gasteiger partial charge in [0.05, 0.1) is 6.10 Å². The van der Waals surface area contributed by atoms with Gasteiger partial charge in [0.15, 0.2) is 5.78 Å². The fourth-order valence-electron chi connectivity index (χ4n) is 1.86. The van der Waals surface area contributed by atoms with Crippen LogP contribution in [0.4, 0.5) is 0 Å². The van der Waals surface area contributed by atoms with Crippen LogP contribution in [0.25, 0.3) is 0 Å². The summed E-state index contributed by atoms with van der Waals surface area (Å²) in [7, 11) is 0. The Morgan fingerprint density at radius 2 is 1.88 bits per heavy atom. The number of aliphatic hydroxyl groups is 1. The van der Waals surface area contributed by atoms with Crippen LogP contribution in [0.5, 0.6) is 0 Å². The summed E-state index contributed by atoms with van der Waals surface area (Å²) in [5.41, 5.74) is 0.696. The Labute approximate surface area is 117 Å². The third kappa shape index (κ3) is 4.07. The van der Waals surface area contributed by atoms with E-state index in [1.165, 1.54) is 0 Å². The number of aliphatic hydroxyl groups excluding tert-OH is 1. The topological polar surface area (TPSA) is 37.3 Å². The molecule has 0 unspecified atom stereocenters. The minimum atomic E-state index is -0.558. The van der Waals surface area contributed by atoms with E-state index in [2.05, 4.69) is 22.6 Å². The van der Waals surface area contributed by atoms with Crippen LogP contribution in [-0.4, -0.2) is 21.4 Å². The fourth-order valence-corrected chi connectivity index (χ4v) is 2.53. The van der Waals surface area contributed by atoms with E-state index in [9.17, 15) is 9.90 Å². The summed E-state index contributed by atoms with van der Waals surface area (Å²) in [6.07, 6.45) is 0.172. The molecule has 0 amide bonds. The van der Waals surface area contributed by atoms with E-state index < -0.39 is 6.10 Å². The monoisotopic (exact) mass is 346 g/mol. The van der Waals surface area contributed by atoms with Crippen LogP contribution in [0.1, 0.15) is 30.6 Å². The Hall–Kier alpha value is -0.420. The number of Topliss-reactive ketones (excluding diaryl/α,β-unsaturated/α-hetero) is 1. The maximum absolute atomic E-state index is 12.3. The molecule has 1 aromatic carbocycles. The van der Waals surface area contributed by atoms with Crippen LogP contribution < -0.4 is 0 Å². The number of halogens is 1. The van der Waals surface area contributed by atoms with Crippen molar-refractivity contribution in [2.75, 3.05) is 4.43 Å². The quantitative estimate of drug-likeness (QED) is 0.487. The normalized spacial score (nSPS) is 14.6. The number of hydrogen-bond acceptors (Lipinski definition) is 2. The van der Waals surface area contributed by atoms with Crippen molar-refractivity contribution in [1.29, 1.82) is 0 Å². The first-order valence-corrected chi connectivity index (χ1v) is 7.43. The standard InChI is InChI=1S/C14H19IO2/c1-10(2)13(16)12(8-9-15)14(17)11-6-4-3-5-7-11/h3-7,10,12-13,16H,8-9H2,1-2H3/t12-,13-/m1/s1. The Kier molecular flexibility index (Phi) is 6.12. The zero-order chi connectivity index (χ0) is 12.8. The lowest BCUT2D eigenvalue weighted by atomic mass is 9.85. The van der Waals surface area contributed by atoms with Gasteiger partial charge in [-0.1, -0.05) is 66.8 Å². The fraction of sp³-hybridized carbons (Fsp3) is 0.500. The average Bonchev–Trinajstić information content (AvgIpc) is 2.35. The summed E-state index contributed by atoms with van der Waals surface area (Å²) >= 11 is 2.25. The van der Waals surface area contributed by atoms with Crippen molar-refractivity contribution in [1.82, 2.24) is 0 Å². The summed E-state index contributed by atoms with van der Waals surface area (Å²) in [6, 6.07) is 9.24. The predicted octanol–water partition coefficient (Wildman–Crippen LogP) is 3.33. The van der Waals surface area contributed by atoms with Gasteiger partial charge in [0, 0.05) is 15.9 Å². The second-order valence-electron chi connectivity index (χ2n) is 4.55. The molecular weight excluding hydrogens is 327 g/mol. The van der Waals surface area contributed by atoms with Gasteiger partial charge < -0.3 is 5.11 Å². The molecule has 0 fully saturated rings. The second kappa shape index (κ2) is 7.11. The third-order valence-corrected chi connectivity index (χ3v) is 3.53. The lowest BCUT2D eigenvalue weighted by Gasteiger charge is -2.24. The van der Waals surface area contributed by atoms with Gasteiger partial charge in [0.2, 0.25) is 0 Å². The zero-order valence-electron chi connectivity index (χ0n) is 10.3. The molecule has 0 heterocycles. The molecule has 0 bridgehead atoms. The van der Waals surface area contributed by atoms with Crippen molar-refractivity contribution in [2.45, 2.75) is 26.4 Å². The molecule has 0 aromatic heterocycles. The second-order valence-corrected chi connectivity index (χ2v) is 5.63. The van der Waals surface area contributed by atoms with Crippen molar-refractivity contribution in [3.05, 3.63) is 35.9 Å². The van der Waals surface area contributed by atoms with Gasteiger partial charge in [-0.2, -0.15) is 0 Å². The number of alkyl halides is 1. The first-order valence-electron chi connectivity index (χ1n) is 5.91. The summed E-state index contributed by atoms with van der Waals surface area (Å²) in [5, 5.41) is 10.1. The molecule has 3 heteroatoms. The van der Waals surface area contributed by atoms with Crippen molar-refractivity contribution in [2.24, 2.45) is 11.8 Å². The van der Waals surface area contributed by atoms with E-state index in [0.717, 1.165) is 10.8 Å². The lowest BCUT2D eigenvalue weighted by molar-refractivity contribution is 0.0498. The van der Waals surface area contributed by atoms with Gasteiger partial charge in [0.25, 0.3) is 0 Å². The van der Waals surface area contributed by atoms with Gasteiger partial charge in [-0.25, -0.2) is 0 Å². The van der Waals surface area contributed by atoms with Gasteiger partial charge in [-0.3, -0.25) is 4.79 Å².